The van der Waals surface area contributed by atoms with E-state index in [9.17, 15) is 18.0 Å². The van der Waals surface area contributed by atoms with Crippen LogP contribution in [0.5, 0.6) is 5.75 Å². The molecule has 10 heteroatoms. The number of aromatic nitrogens is 3. The largest absolute Gasteiger partial charge is 0.573 e. The monoisotopic (exact) mass is 459 g/mol. The number of ether oxygens (including phenoxy) is 1. The molecule has 0 unspecified atom stereocenters. The van der Waals surface area contributed by atoms with Crippen LogP contribution in [0.4, 0.5) is 13.2 Å². The predicted octanol–water partition coefficient (Wildman–Crippen LogP) is 4.30. The van der Waals surface area contributed by atoms with Crippen LogP contribution in [0.25, 0.3) is 11.2 Å². The number of rotatable bonds is 4. The van der Waals surface area contributed by atoms with Crippen molar-refractivity contribution in [2.24, 2.45) is 0 Å². The van der Waals surface area contributed by atoms with Crippen molar-refractivity contribution < 1.29 is 22.7 Å². The van der Waals surface area contributed by atoms with Crippen LogP contribution < -0.4 is 10.1 Å². The van der Waals surface area contributed by atoms with Crippen molar-refractivity contribution in [1.29, 1.82) is 0 Å². The zero-order chi connectivity index (χ0) is 23.0. The van der Waals surface area contributed by atoms with E-state index in [2.05, 4.69) is 20.0 Å². The first-order valence-electron chi connectivity index (χ1n) is 11.1. The third-order valence-corrected chi connectivity index (χ3v) is 6.38. The first kappa shape index (κ1) is 21.7. The van der Waals surface area contributed by atoms with E-state index in [0.717, 1.165) is 66.9 Å². The van der Waals surface area contributed by atoms with Gasteiger partial charge in [-0.1, -0.05) is 0 Å². The molecule has 2 fully saturated rings. The average molecular weight is 459 g/mol. The number of likely N-dealkylation sites (tertiary alicyclic amines) is 1. The van der Waals surface area contributed by atoms with Crippen molar-refractivity contribution in [3.05, 3.63) is 53.5 Å². The molecule has 2 saturated heterocycles. The number of imidazole rings is 1. The number of alkyl halides is 3. The van der Waals surface area contributed by atoms with E-state index in [0.29, 0.717) is 18.7 Å². The quantitative estimate of drug-likeness (QED) is 0.608. The molecule has 0 aliphatic carbocycles. The van der Waals surface area contributed by atoms with Gasteiger partial charge in [0.15, 0.2) is 5.65 Å². The Morgan fingerprint density at radius 1 is 1.09 bits per heavy atom. The Balaban J connectivity index is 1.25. The maximum atomic E-state index is 12.8. The number of nitrogens with zero attached hydrogens (tertiary/aromatic N) is 3. The Morgan fingerprint density at radius 3 is 2.52 bits per heavy atom. The molecule has 1 amide bonds. The highest BCUT2D eigenvalue weighted by atomic mass is 19.4. The molecule has 4 heterocycles. The van der Waals surface area contributed by atoms with Crippen LogP contribution >= 0.6 is 0 Å². The van der Waals surface area contributed by atoms with E-state index in [1.165, 1.54) is 12.1 Å². The number of nitrogens with one attached hydrogen (secondary N) is 2. The molecule has 1 atom stereocenters. The zero-order valence-electron chi connectivity index (χ0n) is 17.9. The van der Waals surface area contributed by atoms with Gasteiger partial charge < -0.3 is 19.9 Å². The number of carbonyl (C=O) groups is 1. The van der Waals surface area contributed by atoms with Crippen molar-refractivity contribution in [1.82, 2.24) is 25.2 Å². The molecule has 5 rings (SSSR count). The van der Waals surface area contributed by atoms with Crippen LogP contribution in [0.3, 0.4) is 0 Å². The molecular formula is C23H24F3N5O2. The second kappa shape index (κ2) is 8.66. The molecule has 0 radical (unpaired) electrons. The van der Waals surface area contributed by atoms with Gasteiger partial charge in [-0.15, -0.1) is 13.2 Å². The molecule has 2 aromatic heterocycles. The van der Waals surface area contributed by atoms with Gasteiger partial charge in [0.25, 0.3) is 5.91 Å². The van der Waals surface area contributed by atoms with Crippen molar-refractivity contribution in [3.8, 4) is 5.75 Å². The summed E-state index contributed by atoms with van der Waals surface area (Å²) < 4.78 is 40.9. The van der Waals surface area contributed by atoms with E-state index in [4.69, 9.17) is 4.98 Å². The fraction of sp³-hybridized carbons (Fsp3) is 0.435. The average Bonchev–Trinajstić information content (AvgIpc) is 3.48. The van der Waals surface area contributed by atoms with Gasteiger partial charge in [0, 0.05) is 24.8 Å². The summed E-state index contributed by atoms with van der Waals surface area (Å²) in [5.74, 6) is 0.648. The summed E-state index contributed by atoms with van der Waals surface area (Å²) in [6.45, 7) is 2.12. The van der Waals surface area contributed by atoms with Crippen LogP contribution in [0.2, 0.25) is 0 Å². The SMILES string of the molecule is O=C(c1ccc(OC(F)(F)F)cc1)N1CCC(c2ccnc3[nH]c([C@H]4CCCN4)nc23)CC1. The molecule has 2 N–H and O–H groups in total. The van der Waals surface area contributed by atoms with Gasteiger partial charge in [0.1, 0.15) is 17.1 Å². The number of halogens is 3. The van der Waals surface area contributed by atoms with E-state index < -0.39 is 6.36 Å². The van der Waals surface area contributed by atoms with Crippen LogP contribution in [0.15, 0.2) is 36.5 Å². The number of H-pyrrole nitrogens is 1. The lowest BCUT2D eigenvalue weighted by molar-refractivity contribution is -0.274. The summed E-state index contributed by atoms with van der Waals surface area (Å²) in [7, 11) is 0. The van der Waals surface area contributed by atoms with E-state index in [1.54, 1.807) is 11.1 Å². The molecule has 2 aliphatic rings. The van der Waals surface area contributed by atoms with Crippen LogP contribution in [-0.4, -0.2) is 51.8 Å². The number of aromatic amines is 1. The van der Waals surface area contributed by atoms with E-state index in [1.807, 2.05) is 6.07 Å². The number of fused-ring (bicyclic) bond motifs is 1. The third-order valence-electron chi connectivity index (χ3n) is 6.38. The topological polar surface area (TPSA) is 83.1 Å². The number of hydrogen-bond donors (Lipinski definition) is 2. The Labute approximate surface area is 188 Å². The molecular weight excluding hydrogens is 435 g/mol. The van der Waals surface area contributed by atoms with Gasteiger partial charge in [-0.25, -0.2) is 9.97 Å². The van der Waals surface area contributed by atoms with Crippen LogP contribution in [0, 0.1) is 0 Å². The Kier molecular flexibility index (Phi) is 5.69. The zero-order valence-corrected chi connectivity index (χ0v) is 17.9. The van der Waals surface area contributed by atoms with E-state index in [-0.39, 0.29) is 23.6 Å². The lowest BCUT2D eigenvalue weighted by Crippen LogP contribution is -2.38. The van der Waals surface area contributed by atoms with Gasteiger partial charge in [-0.3, -0.25) is 4.79 Å². The maximum Gasteiger partial charge on any atom is 0.573 e. The first-order valence-corrected chi connectivity index (χ1v) is 11.1. The molecule has 0 saturated carbocycles. The molecule has 0 spiro atoms. The van der Waals surface area contributed by atoms with Crippen molar-refractivity contribution in [3.63, 3.8) is 0 Å². The summed E-state index contributed by atoms with van der Waals surface area (Å²) in [5, 5.41) is 3.45. The van der Waals surface area contributed by atoms with Crippen molar-refractivity contribution in [2.75, 3.05) is 19.6 Å². The first-order chi connectivity index (χ1) is 15.9. The standard InChI is InChI=1S/C23H24F3N5O2/c24-23(25,26)33-16-5-3-15(4-6-16)22(32)31-12-8-14(9-13-31)17-7-11-28-21-19(17)29-20(30-21)18-2-1-10-27-18/h3-7,11,14,18,27H,1-2,8-10,12-13H2,(H,28,29,30)/t18-/m1/s1. The maximum absolute atomic E-state index is 12.8. The van der Waals surface area contributed by atoms with Crippen molar-refractivity contribution in [2.45, 2.75) is 44.0 Å². The number of amides is 1. The minimum Gasteiger partial charge on any atom is -0.406 e. The van der Waals surface area contributed by atoms with Gasteiger partial charge in [0.05, 0.1) is 6.04 Å². The fourth-order valence-corrected chi connectivity index (χ4v) is 4.74. The molecule has 3 aromatic rings. The van der Waals surface area contributed by atoms with Gasteiger partial charge in [-0.05, 0) is 74.0 Å². The molecule has 2 aliphatic heterocycles. The summed E-state index contributed by atoms with van der Waals surface area (Å²) in [6, 6.07) is 7.30. The number of carbonyl (C=O) groups excluding carboxylic acids is 1. The summed E-state index contributed by atoms with van der Waals surface area (Å²) >= 11 is 0. The smallest absolute Gasteiger partial charge is 0.406 e. The second-order valence-electron chi connectivity index (χ2n) is 8.51. The molecule has 174 valence electrons. The van der Waals surface area contributed by atoms with Crippen LogP contribution in [0.1, 0.15) is 59.4 Å². The predicted molar refractivity (Wildman–Crippen MR) is 115 cm³/mol. The Morgan fingerprint density at radius 2 is 1.85 bits per heavy atom. The Hall–Kier alpha value is -3.14. The highest BCUT2D eigenvalue weighted by Crippen LogP contribution is 2.33. The highest BCUT2D eigenvalue weighted by Gasteiger charge is 2.31. The third kappa shape index (κ3) is 4.66. The Bertz CT molecular complexity index is 1130. The number of benzene rings is 1. The van der Waals surface area contributed by atoms with Crippen molar-refractivity contribution >= 4 is 17.1 Å². The minimum atomic E-state index is -4.76. The second-order valence-corrected chi connectivity index (χ2v) is 8.51. The minimum absolute atomic E-state index is 0.193. The molecule has 7 nitrogen and oxygen atoms in total. The molecule has 1 aromatic carbocycles. The highest BCUT2D eigenvalue weighted by molar-refractivity contribution is 5.94. The van der Waals surface area contributed by atoms with E-state index >= 15 is 0 Å². The summed E-state index contributed by atoms with van der Waals surface area (Å²) in [4.78, 5) is 27.2. The molecule has 0 bridgehead atoms. The lowest BCUT2D eigenvalue weighted by atomic mass is 9.89. The van der Waals surface area contributed by atoms with Gasteiger partial charge in [0.2, 0.25) is 0 Å². The number of piperidine rings is 1. The normalized spacial score (nSPS) is 19.8. The molecule has 33 heavy (non-hydrogen) atoms. The number of pyridine rings is 1. The summed E-state index contributed by atoms with van der Waals surface area (Å²) in [6.07, 6.45) is 0.789. The summed E-state index contributed by atoms with van der Waals surface area (Å²) in [5.41, 5.74) is 3.17. The van der Waals surface area contributed by atoms with Crippen LogP contribution in [-0.2, 0) is 0 Å². The lowest BCUT2D eigenvalue weighted by Gasteiger charge is -2.32. The van der Waals surface area contributed by atoms with Gasteiger partial charge in [-0.2, -0.15) is 0 Å². The fourth-order valence-electron chi connectivity index (χ4n) is 4.74. The van der Waals surface area contributed by atoms with Gasteiger partial charge >= 0.3 is 6.36 Å². The number of hydrogen-bond acceptors (Lipinski definition) is 5.